The normalized spacial score (nSPS) is 10.4. The molecule has 0 fully saturated rings. The number of hydrogen-bond donors (Lipinski definition) is 0. The smallest absolute Gasteiger partial charge is 0.356 e. The Labute approximate surface area is 106 Å². The molecule has 0 aliphatic heterocycles. The summed E-state index contributed by atoms with van der Waals surface area (Å²) >= 11 is 0. The second-order valence-corrected chi connectivity index (χ2v) is 3.91. The van der Waals surface area contributed by atoms with E-state index in [2.05, 4.69) is 16.6 Å². The number of esters is 1. The number of nitrogens with zero attached hydrogens (tertiary/aromatic N) is 1. The first-order valence-corrected chi connectivity index (χ1v) is 5.75. The largest absolute Gasteiger partial charge is 0.496 e. The van der Waals surface area contributed by atoms with Gasteiger partial charge in [0.05, 0.1) is 19.7 Å². The van der Waals surface area contributed by atoms with Gasteiger partial charge in [0.1, 0.15) is 5.75 Å². The number of pyridine rings is 1. The second-order valence-electron chi connectivity index (χ2n) is 3.91. The van der Waals surface area contributed by atoms with Crippen molar-refractivity contribution in [2.45, 2.75) is 13.3 Å². The van der Waals surface area contributed by atoms with Crippen molar-refractivity contribution in [1.29, 1.82) is 0 Å². The number of benzene rings is 1. The molecule has 1 aromatic carbocycles. The van der Waals surface area contributed by atoms with Crippen LogP contribution in [0.2, 0.25) is 0 Å². The van der Waals surface area contributed by atoms with Crippen LogP contribution in [0.3, 0.4) is 0 Å². The number of aromatic nitrogens is 1. The van der Waals surface area contributed by atoms with E-state index in [0.29, 0.717) is 5.75 Å². The Morgan fingerprint density at radius 2 is 2.06 bits per heavy atom. The van der Waals surface area contributed by atoms with Gasteiger partial charge < -0.3 is 9.47 Å². The van der Waals surface area contributed by atoms with Crippen molar-refractivity contribution in [2.24, 2.45) is 0 Å². The molecule has 0 bridgehead atoms. The van der Waals surface area contributed by atoms with E-state index >= 15 is 0 Å². The lowest BCUT2D eigenvalue weighted by molar-refractivity contribution is 0.0594. The molecule has 1 heterocycles. The highest BCUT2D eigenvalue weighted by Gasteiger charge is 2.12. The maximum atomic E-state index is 11.5. The fourth-order valence-electron chi connectivity index (χ4n) is 1.84. The number of hydrogen-bond acceptors (Lipinski definition) is 4. The van der Waals surface area contributed by atoms with Crippen LogP contribution in [0.4, 0.5) is 0 Å². The summed E-state index contributed by atoms with van der Waals surface area (Å²) in [4.78, 5) is 15.8. The fourth-order valence-corrected chi connectivity index (χ4v) is 1.84. The first-order valence-electron chi connectivity index (χ1n) is 5.75. The van der Waals surface area contributed by atoms with Gasteiger partial charge in [-0.05, 0) is 24.1 Å². The zero-order valence-corrected chi connectivity index (χ0v) is 10.7. The molecule has 0 amide bonds. The summed E-state index contributed by atoms with van der Waals surface area (Å²) in [6, 6.07) is 7.52. The molecule has 0 N–H and O–H groups in total. The van der Waals surface area contributed by atoms with Crippen LogP contribution in [-0.4, -0.2) is 25.2 Å². The maximum Gasteiger partial charge on any atom is 0.356 e. The molecule has 4 nitrogen and oxygen atoms in total. The summed E-state index contributed by atoms with van der Waals surface area (Å²) in [5.41, 5.74) is 2.19. The first-order chi connectivity index (χ1) is 8.69. The van der Waals surface area contributed by atoms with E-state index in [-0.39, 0.29) is 5.69 Å². The number of fused-ring (bicyclic) bond motifs is 1. The highest BCUT2D eigenvalue weighted by atomic mass is 16.5. The average Bonchev–Trinajstić information content (AvgIpc) is 2.44. The van der Waals surface area contributed by atoms with E-state index in [1.165, 1.54) is 12.7 Å². The summed E-state index contributed by atoms with van der Waals surface area (Å²) in [6.07, 6.45) is 0.942. The Morgan fingerprint density at radius 1 is 1.28 bits per heavy atom. The van der Waals surface area contributed by atoms with Crippen LogP contribution in [0.25, 0.3) is 10.9 Å². The molecule has 0 unspecified atom stereocenters. The lowest BCUT2D eigenvalue weighted by atomic mass is 10.1. The monoisotopic (exact) mass is 245 g/mol. The third-order valence-corrected chi connectivity index (χ3v) is 2.86. The van der Waals surface area contributed by atoms with Crippen molar-refractivity contribution in [2.75, 3.05) is 14.2 Å². The predicted octanol–water partition coefficient (Wildman–Crippen LogP) is 2.59. The van der Waals surface area contributed by atoms with Crippen LogP contribution in [0.1, 0.15) is 23.0 Å². The molecule has 0 saturated heterocycles. The van der Waals surface area contributed by atoms with Crippen molar-refractivity contribution in [3.05, 3.63) is 35.5 Å². The Kier molecular flexibility index (Phi) is 3.46. The van der Waals surface area contributed by atoms with Crippen molar-refractivity contribution in [3.8, 4) is 5.75 Å². The third-order valence-electron chi connectivity index (χ3n) is 2.86. The summed E-state index contributed by atoms with van der Waals surface area (Å²) in [5.74, 6) is 0.172. The minimum absolute atomic E-state index is 0.256. The predicted molar refractivity (Wildman–Crippen MR) is 69.0 cm³/mol. The van der Waals surface area contributed by atoms with Crippen molar-refractivity contribution >= 4 is 16.9 Å². The molecule has 0 radical (unpaired) electrons. The van der Waals surface area contributed by atoms with Gasteiger partial charge in [0.2, 0.25) is 0 Å². The molecule has 2 aromatic rings. The van der Waals surface area contributed by atoms with E-state index in [4.69, 9.17) is 4.74 Å². The second kappa shape index (κ2) is 5.04. The molecule has 0 saturated carbocycles. The summed E-state index contributed by atoms with van der Waals surface area (Å²) in [7, 11) is 2.91. The number of ether oxygens (including phenoxy) is 2. The van der Waals surface area contributed by atoms with Gasteiger partial charge in [-0.1, -0.05) is 13.0 Å². The Bertz CT molecular complexity index is 593. The summed E-state index contributed by atoms with van der Waals surface area (Å²) in [6.45, 7) is 2.09. The minimum atomic E-state index is -0.463. The molecule has 18 heavy (non-hydrogen) atoms. The number of rotatable bonds is 3. The van der Waals surface area contributed by atoms with Gasteiger partial charge in [-0.3, -0.25) is 0 Å². The minimum Gasteiger partial charge on any atom is -0.496 e. The van der Waals surface area contributed by atoms with Gasteiger partial charge in [-0.15, -0.1) is 0 Å². The lowest BCUT2D eigenvalue weighted by Gasteiger charge is -2.08. The van der Waals surface area contributed by atoms with Crippen LogP contribution in [0, 0.1) is 0 Å². The Morgan fingerprint density at radius 3 is 2.67 bits per heavy atom. The van der Waals surface area contributed by atoms with Crippen molar-refractivity contribution < 1.29 is 14.3 Å². The lowest BCUT2D eigenvalue weighted by Crippen LogP contribution is -2.05. The van der Waals surface area contributed by atoms with E-state index in [1.54, 1.807) is 13.2 Å². The van der Waals surface area contributed by atoms with Gasteiger partial charge in [-0.25, -0.2) is 9.78 Å². The molecule has 4 heteroatoms. The van der Waals surface area contributed by atoms with E-state index in [0.717, 1.165) is 17.3 Å². The highest BCUT2D eigenvalue weighted by Crippen LogP contribution is 2.26. The molecule has 2 rings (SSSR count). The van der Waals surface area contributed by atoms with Crippen molar-refractivity contribution in [1.82, 2.24) is 4.98 Å². The van der Waals surface area contributed by atoms with Gasteiger partial charge in [0, 0.05) is 11.5 Å². The zero-order valence-electron chi connectivity index (χ0n) is 10.7. The molecule has 0 aliphatic rings. The molecule has 0 atom stereocenters. The van der Waals surface area contributed by atoms with E-state index < -0.39 is 5.97 Å². The Balaban J connectivity index is 2.66. The van der Waals surface area contributed by atoms with E-state index in [1.807, 2.05) is 18.2 Å². The van der Waals surface area contributed by atoms with Gasteiger partial charge in [0.15, 0.2) is 5.69 Å². The topological polar surface area (TPSA) is 48.4 Å². The number of aryl methyl sites for hydroxylation is 1. The van der Waals surface area contributed by atoms with E-state index in [9.17, 15) is 4.79 Å². The third kappa shape index (κ3) is 2.14. The average molecular weight is 245 g/mol. The van der Waals surface area contributed by atoms with Gasteiger partial charge >= 0.3 is 5.97 Å². The molecule has 1 aromatic heterocycles. The highest BCUT2D eigenvalue weighted by molar-refractivity contribution is 5.94. The first kappa shape index (κ1) is 12.4. The molecule has 0 aliphatic carbocycles. The van der Waals surface area contributed by atoms with Gasteiger partial charge in [0.25, 0.3) is 0 Å². The molecular weight excluding hydrogens is 230 g/mol. The number of carbonyl (C=O) groups is 1. The fraction of sp³-hybridized carbons (Fsp3) is 0.286. The molecule has 0 spiro atoms. The molecule has 94 valence electrons. The number of methoxy groups -OCH3 is 2. The van der Waals surface area contributed by atoms with Gasteiger partial charge in [-0.2, -0.15) is 0 Å². The zero-order chi connectivity index (χ0) is 13.1. The van der Waals surface area contributed by atoms with Crippen molar-refractivity contribution in [3.63, 3.8) is 0 Å². The Hall–Kier alpha value is -2.10. The maximum absolute atomic E-state index is 11.5. The standard InChI is InChI=1S/C14H15NO3/c1-4-9-5-6-11-10(7-9)13(17-2)8-12(15-11)14(16)18-3/h5-8H,4H2,1-3H3. The van der Waals surface area contributed by atoms with Crippen LogP contribution < -0.4 is 4.74 Å². The number of carbonyl (C=O) groups excluding carboxylic acids is 1. The quantitative estimate of drug-likeness (QED) is 0.780. The summed E-state index contributed by atoms with van der Waals surface area (Å²) in [5, 5.41) is 0.907. The molecular formula is C14H15NO3. The van der Waals surface area contributed by atoms with Crippen LogP contribution in [0.15, 0.2) is 24.3 Å². The van der Waals surface area contributed by atoms with Crippen LogP contribution >= 0.6 is 0 Å². The van der Waals surface area contributed by atoms with Crippen LogP contribution in [-0.2, 0) is 11.2 Å². The summed E-state index contributed by atoms with van der Waals surface area (Å²) < 4.78 is 9.99. The SMILES string of the molecule is CCc1ccc2nc(C(=O)OC)cc(OC)c2c1. The van der Waals surface area contributed by atoms with Crippen LogP contribution in [0.5, 0.6) is 5.75 Å².